The summed E-state index contributed by atoms with van der Waals surface area (Å²) in [7, 11) is 1.10. The fourth-order valence-electron chi connectivity index (χ4n) is 1.54. The minimum absolute atomic E-state index is 0.0572. The number of halogens is 2. The SMILES string of the molecule is COC(=O)C1C(=O)Nc2cc(Br)c(Cl)nc2C1=O. The number of carbonyl (C=O) groups is 3. The summed E-state index contributed by atoms with van der Waals surface area (Å²) < 4.78 is 4.85. The highest BCUT2D eigenvalue weighted by Crippen LogP contribution is 2.31. The third-order valence-electron chi connectivity index (χ3n) is 2.39. The first-order valence-corrected chi connectivity index (χ1v) is 5.91. The number of rotatable bonds is 1. The van der Waals surface area contributed by atoms with Gasteiger partial charge >= 0.3 is 5.97 Å². The van der Waals surface area contributed by atoms with Crippen LogP contribution in [0.4, 0.5) is 5.69 Å². The number of hydrogen-bond donors (Lipinski definition) is 1. The van der Waals surface area contributed by atoms with Crippen molar-refractivity contribution >= 4 is 50.9 Å². The Kier molecular flexibility index (Phi) is 3.36. The smallest absolute Gasteiger partial charge is 0.326 e. The molecule has 1 aromatic heterocycles. The molecule has 0 saturated carbocycles. The van der Waals surface area contributed by atoms with Crippen LogP contribution in [-0.4, -0.2) is 29.8 Å². The second-order valence-corrected chi connectivity index (χ2v) is 4.68. The first-order chi connectivity index (χ1) is 8.45. The molecule has 1 aliphatic heterocycles. The summed E-state index contributed by atoms with van der Waals surface area (Å²) in [6.07, 6.45) is 0. The van der Waals surface area contributed by atoms with Crippen LogP contribution in [-0.2, 0) is 14.3 Å². The van der Waals surface area contributed by atoms with Crippen LogP contribution in [0.15, 0.2) is 10.5 Å². The highest BCUT2D eigenvalue weighted by molar-refractivity contribution is 9.10. The second-order valence-electron chi connectivity index (χ2n) is 3.47. The van der Waals surface area contributed by atoms with Gasteiger partial charge in [-0.05, 0) is 22.0 Å². The van der Waals surface area contributed by atoms with Crippen LogP contribution < -0.4 is 5.32 Å². The van der Waals surface area contributed by atoms with E-state index in [1.807, 2.05) is 0 Å². The summed E-state index contributed by atoms with van der Waals surface area (Å²) >= 11 is 8.89. The Labute approximate surface area is 115 Å². The van der Waals surface area contributed by atoms with Crippen molar-refractivity contribution in [3.8, 4) is 0 Å². The molecule has 1 atom stereocenters. The lowest BCUT2D eigenvalue weighted by atomic mass is 9.95. The lowest BCUT2D eigenvalue weighted by Crippen LogP contribution is -2.41. The third kappa shape index (κ3) is 1.99. The molecule has 2 heterocycles. The molecule has 0 saturated heterocycles. The topological polar surface area (TPSA) is 85.4 Å². The van der Waals surface area contributed by atoms with Crippen LogP contribution in [0.25, 0.3) is 0 Å². The normalized spacial score (nSPS) is 18.1. The zero-order valence-corrected chi connectivity index (χ0v) is 11.3. The molecule has 18 heavy (non-hydrogen) atoms. The van der Waals surface area contributed by atoms with Crippen molar-refractivity contribution in [2.24, 2.45) is 5.92 Å². The number of anilines is 1. The molecule has 0 aliphatic carbocycles. The van der Waals surface area contributed by atoms with E-state index in [-0.39, 0.29) is 16.5 Å². The van der Waals surface area contributed by atoms with Gasteiger partial charge in [0.2, 0.25) is 11.7 Å². The van der Waals surface area contributed by atoms with Crippen molar-refractivity contribution in [3.63, 3.8) is 0 Å². The molecule has 1 aromatic rings. The maximum absolute atomic E-state index is 12.0. The van der Waals surface area contributed by atoms with Gasteiger partial charge in [0.05, 0.1) is 17.3 Å². The molecule has 1 aliphatic rings. The number of ketones is 1. The predicted octanol–water partition coefficient (Wildman–Crippen LogP) is 1.42. The van der Waals surface area contributed by atoms with Crippen molar-refractivity contribution < 1.29 is 19.1 Å². The van der Waals surface area contributed by atoms with Crippen molar-refractivity contribution in [3.05, 3.63) is 21.4 Å². The molecule has 94 valence electrons. The summed E-state index contributed by atoms with van der Waals surface area (Å²) in [6.45, 7) is 0. The predicted molar refractivity (Wildman–Crippen MR) is 65.4 cm³/mol. The molecule has 0 radical (unpaired) electrons. The molecule has 1 unspecified atom stereocenters. The Bertz CT molecular complexity index is 575. The quantitative estimate of drug-likeness (QED) is 0.477. The van der Waals surface area contributed by atoms with Gasteiger partial charge in [0.15, 0.2) is 5.92 Å². The van der Waals surface area contributed by atoms with Crippen LogP contribution in [0.1, 0.15) is 10.5 Å². The van der Waals surface area contributed by atoms with Crippen LogP contribution in [0.2, 0.25) is 5.15 Å². The molecular weight excluding hydrogens is 327 g/mol. The van der Waals surface area contributed by atoms with E-state index in [1.54, 1.807) is 0 Å². The summed E-state index contributed by atoms with van der Waals surface area (Å²) in [5.41, 5.74) is 0.152. The standard InChI is InChI=1S/C10H6BrClN2O4/c1-18-10(17)5-7(15)6-4(13-9(5)16)2-3(11)8(12)14-6/h2,5H,1H3,(H,13,16). The number of nitrogens with one attached hydrogen (secondary N) is 1. The van der Waals surface area contributed by atoms with Crippen molar-refractivity contribution in [2.75, 3.05) is 12.4 Å². The lowest BCUT2D eigenvalue weighted by Gasteiger charge is -2.21. The average molecular weight is 334 g/mol. The number of carbonyl (C=O) groups excluding carboxylic acids is 3. The number of aromatic nitrogens is 1. The second kappa shape index (κ2) is 4.66. The summed E-state index contributed by atoms with van der Waals surface area (Å²) in [5, 5.41) is 2.48. The lowest BCUT2D eigenvalue weighted by molar-refractivity contribution is -0.146. The zero-order chi connectivity index (χ0) is 13.4. The van der Waals surface area contributed by atoms with E-state index >= 15 is 0 Å². The molecule has 1 N–H and O–H groups in total. The number of hydrogen-bond acceptors (Lipinski definition) is 5. The number of Topliss-reactive ketones (excluding diaryl/α,β-unsaturated/α-hetero) is 1. The summed E-state index contributed by atoms with van der Waals surface area (Å²) in [5.74, 6) is -3.93. The Hall–Kier alpha value is -1.47. The fourth-order valence-corrected chi connectivity index (χ4v) is 2.00. The molecule has 2 rings (SSSR count). The number of methoxy groups -OCH3 is 1. The number of ether oxygens (including phenoxy) is 1. The summed E-state index contributed by atoms with van der Waals surface area (Å²) in [4.78, 5) is 38.9. The van der Waals surface area contributed by atoms with Gasteiger partial charge < -0.3 is 10.1 Å². The maximum atomic E-state index is 12.0. The van der Waals surface area contributed by atoms with Gasteiger partial charge in [0, 0.05) is 0 Å². The third-order valence-corrected chi connectivity index (χ3v) is 3.51. The van der Waals surface area contributed by atoms with E-state index in [0.717, 1.165) is 7.11 Å². The number of esters is 1. The summed E-state index contributed by atoms with van der Waals surface area (Å²) in [6, 6.07) is 1.45. The van der Waals surface area contributed by atoms with Gasteiger partial charge in [-0.15, -0.1) is 0 Å². The highest BCUT2D eigenvalue weighted by Gasteiger charge is 2.42. The number of amides is 1. The average Bonchev–Trinajstić information content (AvgIpc) is 2.32. The Morgan fingerprint density at radius 1 is 1.56 bits per heavy atom. The molecule has 6 nitrogen and oxygen atoms in total. The molecule has 0 spiro atoms. The van der Waals surface area contributed by atoms with Crippen molar-refractivity contribution in [1.82, 2.24) is 4.98 Å². The van der Waals surface area contributed by atoms with E-state index in [9.17, 15) is 14.4 Å². The van der Waals surface area contributed by atoms with Crippen molar-refractivity contribution in [1.29, 1.82) is 0 Å². The first-order valence-electron chi connectivity index (χ1n) is 4.74. The molecule has 1 amide bonds. The van der Waals surface area contributed by atoms with Gasteiger partial charge in [0.1, 0.15) is 10.8 Å². The zero-order valence-electron chi connectivity index (χ0n) is 8.99. The highest BCUT2D eigenvalue weighted by atomic mass is 79.9. The Balaban J connectivity index is 2.53. The van der Waals surface area contributed by atoms with Gasteiger partial charge in [-0.25, -0.2) is 4.98 Å². The van der Waals surface area contributed by atoms with Gasteiger partial charge in [-0.3, -0.25) is 14.4 Å². The molecule has 0 fully saturated rings. The van der Waals surface area contributed by atoms with Gasteiger partial charge in [-0.1, -0.05) is 11.6 Å². The first kappa shape index (κ1) is 13.0. The van der Waals surface area contributed by atoms with Crippen LogP contribution >= 0.6 is 27.5 Å². The number of pyridine rings is 1. The molecule has 0 aromatic carbocycles. The largest absolute Gasteiger partial charge is 0.468 e. The molecular formula is C10H6BrClN2O4. The van der Waals surface area contributed by atoms with Gasteiger partial charge in [0.25, 0.3) is 0 Å². The Morgan fingerprint density at radius 3 is 2.83 bits per heavy atom. The minimum atomic E-state index is -1.53. The molecule has 0 bridgehead atoms. The van der Waals surface area contributed by atoms with E-state index in [0.29, 0.717) is 4.47 Å². The minimum Gasteiger partial charge on any atom is -0.468 e. The number of fused-ring (bicyclic) bond motifs is 1. The van der Waals surface area contributed by atoms with Crippen LogP contribution in [0.3, 0.4) is 0 Å². The number of nitrogens with zero attached hydrogens (tertiary/aromatic N) is 1. The van der Waals surface area contributed by atoms with E-state index in [1.165, 1.54) is 6.07 Å². The molecule has 8 heteroatoms. The van der Waals surface area contributed by atoms with Crippen LogP contribution in [0, 0.1) is 5.92 Å². The van der Waals surface area contributed by atoms with Crippen LogP contribution in [0.5, 0.6) is 0 Å². The van der Waals surface area contributed by atoms with Crippen molar-refractivity contribution in [2.45, 2.75) is 0 Å². The Morgan fingerprint density at radius 2 is 2.22 bits per heavy atom. The van der Waals surface area contributed by atoms with E-state index in [4.69, 9.17) is 11.6 Å². The fraction of sp³-hybridized carbons (Fsp3) is 0.200. The van der Waals surface area contributed by atoms with E-state index in [2.05, 4.69) is 31.0 Å². The van der Waals surface area contributed by atoms with E-state index < -0.39 is 23.6 Å². The van der Waals surface area contributed by atoms with Gasteiger partial charge in [-0.2, -0.15) is 0 Å². The monoisotopic (exact) mass is 332 g/mol. The maximum Gasteiger partial charge on any atom is 0.326 e.